The molecule has 2 amide bonds. The third-order valence-corrected chi connectivity index (χ3v) is 3.91. The van der Waals surface area contributed by atoms with E-state index in [1.807, 2.05) is 0 Å². The van der Waals surface area contributed by atoms with Gasteiger partial charge in [0.2, 0.25) is 0 Å². The number of hydrogen-bond donors (Lipinski definition) is 1. The number of carbonyl (C=O) groups excluding carboxylic acids is 2. The summed E-state index contributed by atoms with van der Waals surface area (Å²) in [6.45, 7) is 5.76. The third kappa shape index (κ3) is 2.51. The molecule has 1 N–H and O–H groups in total. The largest absolute Gasteiger partial charge is 0.507 e. The van der Waals surface area contributed by atoms with Crippen LogP contribution in [0.1, 0.15) is 23.6 Å². The fourth-order valence-electron chi connectivity index (χ4n) is 2.00. The normalized spacial score (nSPS) is 17.6. The molecular formula is C14H15NO3S. The van der Waals surface area contributed by atoms with Gasteiger partial charge in [0, 0.05) is 6.54 Å². The van der Waals surface area contributed by atoms with Gasteiger partial charge in [-0.05, 0) is 67.4 Å². The number of phenols is 1. The molecule has 0 unspecified atom stereocenters. The van der Waals surface area contributed by atoms with Gasteiger partial charge in [0.05, 0.1) is 4.91 Å². The molecule has 1 aliphatic rings. The highest BCUT2D eigenvalue weighted by Crippen LogP contribution is 2.33. The standard InChI is InChI=1S/C14H15NO3S/c1-4-15-13(17)11(19-14(15)18)7-10-5-8(2)12(16)9(3)6-10/h5-7,16H,4H2,1-3H3. The zero-order chi connectivity index (χ0) is 14.2. The lowest BCUT2D eigenvalue weighted by molar-refractivity contribution is -0.122. The van der Waals surface area contributed by atoms with Crippen LogP contribution in [0.5, 0.6) is 5.75 Å². The number of rotatable bonds is 2. The number of imide groups is 1. The summed E-state index contributed by atoms with van der Waals surface area (Å²) in [7, 11) is 0. The number of aromatic hydroxyl groups is 1. The van der Waals surface area contributed by atoms with Crippen LogP contribution in [0, 0.1) is 13.8 Å². The molecule has 0 radical (unpaired) electrons. The van der Waals surface area contributed by atoms with Gasteiger partial charge in [-0.2, -0.15) is 0 Å². The van der Waals surface area contributed by atoms with Crippen molar-refractivity contribution in [3.8, 4) is 5.75 Å². The molecule has 4 nitrogen and oxygen atoms in total. The first-order valence-corrected chi connectivity index (χ1v) is 6.81. The Kier molecular flexibility index (Phi) is 3.66. The first kappa shape index (κ1) is 13.7. The van der Waals surface area contributed by atoms with Crippen molar-refractivity contribution < 1.29 is 14.7 Å². The van der Waals surface area contributed by atoms with Gasteiger partial charge in [-0.15, -0.1) is 0 Å². The average molecular weight is 277 g/mol. The van der Waals surface area contributed by atoms with Crippen molar-refractivity contribution in [3.05, 3.63) is 33.7 Å². The number of aryl methyl sites for hydroxylation is 2. The first-order chi connectivity index (χ1) is 8.93. The van der Waals surface area contributed by atoms with E-state index in [9.17, 15) is 14.7 Å². The van der Waals surface area contributed by atoms with E-state index >= 15 is 0 Å². The molecular weight excluding hydrogens is 262 g/mol. The molecule has 0 aliphatic carbocycles. The van der Waals surface area contributed by atoms with E-state index in [-0.39, 0.29) is 16.9 Å². The zero-order valence-electron chi connectivity index (χ0n) is 11.1. The molecule has 0 atom stereocenters. The highest BCUT2D eigenvalue weighted by Gasteiger charge is 2.33. The van der Waals surface area contributed by atoms with Gasteiger partial charge in [-0.1, -0.05) is 0 Å². The Bertz CT molecular complexity index is 569. The van der Waals surface area contributed by atoms with E-state index in [1.54, 1.807) is 39.0 Å². The third-order valence-electron chi connectivity index (χ3n) is 3.00. The van der Waals surface area contributed by atoms with Crippen molar-refractivity contribution >= 4 is 29.0 Å². The van der Waals surface area contributed by atoms with E-state index in [1.165, 1.54) is 4.90 Å². The Morgan fingerprint density at radius 2 is 1.84 bits per heavy atom. The van der Waals surface area contributed by atoms with Crippen molar-refractivity contribution in [3.63, 3.8) is 0 Å². The second kappa shape index (κ2) is 5.09. The number of hydrogen-bond acceptors (Lipinski definition) is 4. The molecule has 5 heteroatoms. The van der Waals surface area contributed by atoms with Crippen LogP contribution >= 0.6 is 11.8 Å². The highest BCUT2D eigenvalue weighted by atomic mass is 32.2. The van der Waals surface area contributed by atoms with E-state index in [4.69, 9.17) is 0 Å². The van der Waals surface area contributed by atoms with E-state index in [2.05, 4.69) is 0 Å². The number of benzene rings is 1. The van der Waals surface area contributed by atoms with E-state index in [0.717, 1.165) is 28.5 Å². The lowest BCUT2D eigenvalue weighted by Crippen LogP contribution is -2.27. The van der Waals surface area contributed by atoms with Crippen LogP contribution in [0.15, 0.2) is 17.0 Å². The summed E-state index contributed by atoms with van der Waals surface area (Å²) in [5.74, 6) is 0.0136. The first-order valence-electron chi connectivity index (χ1n) is 5.99. The van der Waals surface area contributed by atoms with Gasteiger partial charge in [0.15, 0.2) is 0 Å². The summed E-state index contributed by atoms with van der Waals surface area (Å²) in [4.78, 5) is 25.2. The van der Waals surface area contributed by atoms with Gasteiger partial charge < -0.3 is 5.11 Å². The number of carbonyl (C=O) groups is 2. The average Bonchev–Trinajstić information content (AvgIpc) is 2.61. The summed E-state index contributed by atoms with van der Waals surface area (Å²) in [6, 6.07) is 3.59. The van der Waals surface area contributed by atoms with Crippen molar-refractivity contribution in [2.24, 2.45) is 0 Å². The zero-order valence-corrected chi connectivity index (χ0v) is 11.9. The van der Waals surface area contributed by atoms with Crippen molar-refractivity contribution in [2.45, 2.75) is 20.8 Å². The van der Waals surface area contributed by atoms with E-state index in [0.29, 0.717) is 11.4 Å². The fourth-order valence-corrected chi connectivity index (χ4v) is 2.90. The quantitative estimate of drug-likeness (QED) is 0.844. The van der Waals surface area contributed by atoms with Crippen LogP contribution in [-0.2, 0) is 4.79 Å². The van der Waals surface area contributed by atoms with Crippen LogP contribution in [0.3, 0.4) is 0 Å². The molecule has 2 rings (SSSR count). The number of thioether (sulfide) groups is 1. The van der Waals surface area contributed by atoms with Gasteiger partial charge >= 0.3 is 0 Å². The van der Waals surface area contributed by atoms with Crippen molar-refractivity contribution in [1.82, 2.24) is 4.90 Å². The smallest absolute Gasteiger partial charge is 0.293 e. The number of nitrogens with zero attached hydrogens (tertiary/aromatic N) is 1. The second-order valence-electron chi connectivity index (χ2n) is 4.43. The minimum absolute atomic E-state index is 0.231. The number of amides is 2. The molecule has 0 saturated carbocycles. The molecule has 1 aromatic carbocycles. The second-order valence-corrected chi connectivity index (χ2v) is 5.42. The predicted molar refractivity (Wildman–Crippen MR) is 75.9 cm³/mol. The molecule has 19 heavy (non-hydrogen) atoms. The number of phenolic OH excluding ortho intramolecular Hbond substituents is 1. The van der Waals surface area contributed by atoms with Crippen LogP contribution in [0.4, 0.5) is 4.79 Å². The molecule has 100 valence electrons. The van der Waals surface area contributed by atoms with Gasteiger partial charge in [0.25, 0.3) is 11.1 Å². The lowest BCUT2D eigenvalue weighted by atomic mass is 10.1. The van der Waals surface area contributed by atoms with Crippen molar-refractivity contribution in [1.29, 1.82) is 0 Å². The molecule has 0 spiro atoms. The SMILES string of the molecule is CCN1C(=O)SC(=Cc2cc(C)c(O)c(C)c2)C1=O. The molecule has 1 saturated heterocycles. The molecule has 0 aromatic heterocycles. The van der Waals surface area contributed by atoms with E-state index < -0.39 is 0 Å². The number of likely N-dealkylation sites (N-methyl/N-ethyl adjacent to an activating group) is 1. The summed E-state index contributed by atoms with van der Waals surface area (Å²) in [5.41, 5.74) is 2.32. The Balaban J connectivity index is 2.38. The highest BCUT2D eigenvalue weighted by molar-refractivity contribution is 8.18. The monoisotopic (exact) mass is 277 g/mol. The molecule has 0 bridgehead atoms. The Morgan fingerprint density at radius 1 is 1.26 bits per heavy atom. The summed E-state index contributed by atoms with van der Waals surface area (Å²) < 4.78 is 0. The summed E-state index contributed by atoms with van der Waals surface area (Å²) in [5, 5.41) is 9.48. The van der Waals surface area contributed by atoms with Crippen LogP contribution in [0.2, 0.25) is 0 Å². The van der Waals surface area contributed by atoms with Crippen LogP contribution in [0.25, 0.3) is 6.08 Å². The van der Waals surface area contributed by atoms with Crippen LogP contribution in [-0.4, -0.2) is 27.7 Å². The fraction of sp³-hybridized carbons (Fsp3) is 0.286. The maximum Gasteiger partial charge on any atom is 0.293 e. The minimum atomic E-state index is -0.249. The molecule has 1 aromatic rings. The van der Waals surface area contributed by atoms with Gasteiger partial charge in [-0.25, -0.2) is 0 Å². The van der Waals surface area contributed by atoms with Gasteiger partial charge in [-0.3, -0.25) is 14.5 Å². The van der Waals surface area contributed by atoms with Crippen LogP contribution < -0.4 is 0 Å². The molecule has 1 heterocycles. The topological polar surface area (TPSA) is 57.6 Å². The Morgan fingerprint density at radius 3 is 2.32 bits per heavy atom. The lowest BCUT2D eigenvalue weighted by Gasteiger charge is -2.07. The maximum absolute atomic E-state index is 12.0. The van der Waals surface area contributed by atoms with Gasteiger partial charge in [0.1, 0.15) is 5.75 Å². The predicted octanol–water partition coefficient (Wildman–Crippen LogP) is 3.07. The van der Waals surface area contributed by atoms with Crippen molar-refractivity contribution in [2.75, 3.05) is 6.54 Å². The minimum Gasteiger partial charge on any atom is -0.507 e. The summed E-state index contributed by atoms with van der Waals surface area (Å²) in [6.07, 6.45) is 1.69. The Labute approximate surface area is 116 Å². The Hall–Kier alpha value is -1.75. The maximum atomic E-state index is 12.0. The summed E-state index contributed by atoms with van der Waals surface area (Å²) >= 11 is 0.953. The molecule has 1 aliphatic heterocycles. The molecule has 1 fully saturated rings.